The summed E-state index contributed by atoms with van der Waals surface area (Å²) in [5.41, 5.74) is 3.04. The molecule has 1 fully saturated rings. The van der Waals surface area contributed by atoms with Gasteiger partial charge in [-0.05, 0) is 56.1 Å². The summed E-state index contributed by atoms with van der Waals surface area (Å²) >= 11 is 1.45. The summed E-state index contributed by atoms with van der Waals surface area (Å²) in [6.07, 6.45) is 4.62. The third-order valence-electron chi connectivity index (χ3n) is 6.75. The van der Waals surface area contributed by atoms with E-state index in [2.05, 4.69) is 30.4 Å². The molecule has 1 saturated heterocycles. The number of alkyl halides is 1. The number of amides is 1. The molecule has 0 unspecified atom stereocenters. The summed E-state index contributed by atoms with van der Waals surface area (Å²) in [6.45, 7) is 3.01. The van der Waals surface area contributed by atoms with Gasteiger partial charge in [0.2, 0.25) is 0 Å². The smallest absolute Gasteiger partial charge is 0.251 e. The summed E-state index contributed by atoms with van der Waals surface area (Å²) in [4.78, 5) is 23.2. The molecule has 8 nitrogen and oxygen atoms in total. The molecule has 6 rings (SSSR count). The Morgan fingerprint density at radius 2 is 2.05 bits per heavy atom. The minimum atomic E-state index is -0.670. The molecule has 0 bridgehead atoms. The number of aromatic nitrogens is 5. The van der Waals surface area contributed by atoms with Crippen molar-refractivity contribution in [3.05, 3.63) is 60.3 Å². The highest BCUT2D eigenvalue weighted by atomic mass is 32.1. The van der Waals surface area contributed by atoms with Gasteiger partial charge in [-0.2, -0.15) is 0 Å². The molecule has 190 valence electrons. The lowest BCUT2D eigenvalue weighted by Gasteiger charge is -2.28. The lowest BCUT2D eigenvalue weighted by Crippen LogP contribution is -2.36. The first-order valence-electron chi connectivity index (χ1n) is 12.3. The Hall–Kier alpha value is -3.70. The molecule has 0 atom stereocenters. The van der Waals surface area contributed by atoms with E-state index in [4.69, 9.17) is 0 Å². The lowest BCUT2D eigenvalue weighted by atomic mass is 10.1. The number of halogens is 2. The lowest BCUT2D eigenvalue weighted by molar-refractivity contribution is 0.0950. The van der Waals surface area contributed by atoms with Crippen LogP contribution in [0, 0.1) is 5.82 Å². The highest BCUT2D eigenvalue weighted by Crippen LogP contribution is 2.32. The number of hydrogen-bond donors (Lipinski definition) is 2. The Morgan fingerprint density at radius 1 is 1.19 bits per heavy atom. The molecule has 0 spiro atoms. The van der Waals surface area contributed by atoms with Gasteiger partial charge in [0, 0.05) is 42.5 Å². The van der Waals surface area contributed by atoms with Crippen LogP contribution in [0.1, 0.15) is 29.6 Å². The van der Waals surface area contributed by atoms with E-state index in [-0.39, 0.29) is 5.91 Å². The fraction of sp³-hybridized carbons (Fsp3) is 0.308. The molecule has 1 aliphatic heterocycles. The van der Waals surface area contributed by atoms with Crippen LogP contribution in [0.2, 0.25) is 0 Å². The maximum atomic E-state index is 14.9. The first kappa shape index (κ1) is 23.7. The van der Waals surface area contributed by atoms with Crippen LogP contribution in [0.5, 0.6) is 0 Å². The van der Waals surface area contributed by atoms with Gasteiger partial charge in [0.25, 0.3) is 5.91 Å². The summed E-state index contributed by atoms with van der Waals surface area (Å²) < 4.78 is 31.0. The van der Waals surface area contributed by atoms with Crippen molar-refractivity contribution >= 4 is 32.4 Å². The molecule has 3 aromatic heterocycles. The number of rotatable bonds is 7. The van der Waals surface area contributed by atoms with Crippen molar-refractivity contribution in [2.45, 2.75) is 25.4 Å². The maximum Gasteiger partial charge on any atom is 0.251 e. The summed E-state index contributed by atoms with van der Waals surface area (Å²) in [7, 11) is 0. The van der Waals surface area contributed by atoms with Crippen molar-refractivity contribution in [1.82, 2.24) is 34.8 Å². The number of thiazole rings is 1. The van der Waals surface area contributed by atoms with Gasteiger partial charge >= 0.3 is 0 Å². The van der Waals surface area contributed by atoms with Crippen LogP contribution in [0.3, 0.4) is 0 Å². The van der Waals surface area contributed by atoms with Gasteiger partial charge in [-0.3, -0.25) is 9.20 Å². The van der Waals surface area contributed by atoms with Crippen molar-refractivity contribution < 1.29 is 13.6 Å². The molecule has 2 aromatic carbocycles. The van der Waals surface area contributed by atoms with Crippen LogP contribution in [0.25, 0.3) is 37.8 Å². The van der Waals surface area contributed by atoms with E-state index in [1.165, 1.54) is 23.7 Å². The monoisotopic (exact) mass is 521 g/mol. The third kappa shape index (κ3) is 4.84. The van der Waals surface area contributed by atoms with E-state index in [0.29, 0.717) is 47.6 Å². The van der Waals surface area contributed by atoms with Crippen molar-refractivity contribution in [2.24, 2.45) is 0 Å². The number of piperidine rings is 1. The van der Waals surface area contributed by atoms with E-state index < -0.39 is 12.0 Å². The van der Waals surface area contributed by atoms with Crippen LogP contribution < -0.4 is 5.32 Å². The van der Waals surface area contributed by atoms with Crippen LogP contribution in [-0.4, -0.2) is 67.7 Å². The Kier molecular flexibility index (Phi) is 6.39. The second kappa shape index (κ2) is 9.98. The number of carbonyl (C=O) groups is 1. The normalized spacial score (nSPS) is 15.1. The molecule has 5 aromatic rings. The van der Waals surface area contributed by atoms with Crippen LogP contribution in [-0.2, 0) is 0 Å². The largest absolute Gasteiger partial charge is 0.352 e. The number of benzene rings is 2. The highest BCUT2D eigenvalue weighted by Gasteiger charge is 2.18. The topological polar surface area (TPSA) is 91.2 Å². The number of fused-ring (bicyclic) bond motifs is 3. The molecule has 0 saturated carbocycles. The van der Waals surface area contributed by atoms with Crippen molar-refractivity contribution in [1.29, 1.82) is 0 Å². The molecular formula is C26H25F2N7OS. The van der Waals surface area contributed by atoms with Gasteiger partial charge in [0.15, 0.2) is 10.8 Å². The first-order chi connectivity index (χ1) is 18.0. The molecule has 0 aliphatic carbocycles. The summed E-state index contributed by atoms with van der Waals surface area (Å²) in [5.74, 6) is -0.0137. The first-order valence-corrected chi connectivity index (χ1v) is 13.1. The van der Waals surface area contributed by atoms with Crippen LogP contribution in [0.15, 0.2) is 48.9 Å². The SMILES string of the molecule is O=C(NCCCN1CCC(F)CC1)c1ccc2c(c1)sc1nc(-c3ccc(-c4nnc[nH]4)cc3F)cn12. The number of likely N-dealkylation sites (tertiary alicyclic amines) is 1. The molecule has 37 heavy (non-hydrogen) atoms. The van der Waals surface area contributed by atoms with Gasteiger partial charge in [0.05, 0.1) is 15.9 Å². The molecule has 1 aliphatic rings. The summed E-state index contributed by atoms with van der Waals surface area (Å²) in [5, 5.41) is 10.6. The predicted molar refractivity (Wildman–Crippen MR) is 139 cm³/mol. The summed E-state index contributed by atoms with van der Waals surface area (Å²) in [6, 6.07) is 10.4. The molecular weight excluding hydrogens is 496 g/mol. The van der Waals surface area contributed by atoms with E-state index >= 15 is 0 Å². The highest BCUT2D eigenvalue weighted by molar-refractivity contribution is 7.23. The van der Waals surface area contributed by atoms with Gasteiger partial charge in [-0.15, -0.1) is 10.2 Å². The molecule has 4 heterocycles. The fourth-order valence-electron chi connectivity index (χ4n) is 4.72. The predicted octanol–water partition coefficient (Wildman–Crippen LogP) is 4.69. The number of H-pyrrole nitrogens is 1. The molecule has 1 amide bonds. The van der Waals surface area contributed by atoms with Crippen LogP contribution in [0.4, 0.5) is 8.78 Å². The van der Waals surface area contributed by atoms with Crippen molar-refractivity contribution in [2.75, 3.05) is 26.2 Å². The average molecular weight is 522 g/mol. The minimum absolute atomic E-state index is 0.120. The quantitative estimate of drug-likeness (QED) is 0.303. The number of hydrogen-bond acceptors (Lipinski definition) is 6. The zero-order valence-corrected chi connectivity index (χ0v) is 20.8. The van der Waals surface area contributed by atoms with Crippen LogP contribution >= 0.6 is 11.3 Å². The number of imidazole rings is 1. The second-order valence-electron chi connectivity index (χ2n) is 9.22. The number of nitrogens with one attached hydrogen (secondary N) is 2. The Labute approximate surface area is 215 Å². The third-order valence-corrected chi connectivity index (χ3v) is 7.76. The van der Waals surface area contributed by atoms with Crippen molar-refractivity contribution in [3.8, 4) is 22.6 Å². The van der Waals surface area contributed by atoms with E-state index in [0.717, 1.165) is 41.2 Å². The minimum Gasteiger partial charge on any atom is -0.352 e. The second-order valence-corrected chi connectivity index (χ2v) is 10.2. The molecule has 0 radical (unpaired) electrons. The number of carbonyl (C=O) groups excluding carboxylic acids is 1. The van der Waals surface area contributed by atoms with Gasteiger partial charge in [-0.1, -0.05) is 17.4 Å². The molecule has 11 heteroatoms. The fourth-order valence-corrected chi connectivity index (χ4v) is 5.77. The molecule has 2 N–H and O–H groups in total. The average Bonchev–Trinajstić information content (AvgIpc) is 3.64. The maximum absolute atomic E-state index is 14.9. The van der Waals surface area contributed by atoms with E-state index in [9.17, 15) is 13.6 Å². The Morgan fingerprint density at radius 3 is 2.84 bits per heavy atom. The van der Waals surface area contributed by atoms with Crippen molar-refractivity contribution in [3.63, 3.8) is 0 Å². The number of nitrogens with zero attached hydrogens (tertiary/aromatic N) is 5. The van der Waals surface area contributed by atoms with Gasteiger partial charge in [0.1, 0.15) is 18.3 Å². The van der Waals surface area contributed by atoms with E-state index in [1.807, 2.05) is 22.7 Å². The van der Waals surface area contributed by atoms with E-state index in [1.54, 1.807) is 18.2 Å². The Bertz CT molecular complexity index is 1550. The number of aromatic amines is 1. The standard InChI is InChI=1S/C26H25F2N7OS/c27-18-6-10-34(11-7-18)9-1-8-29-25(36)17-3-5-22-23(13-17)37-26-32-21(14-35(22)26)19-4-2-16(12-20(19)28)24-30-15-31-33-24/h2-5,12-15,18H,1,6-11H2,(H,29,36)(H,30,31,33). The van der Waals surface area contributed by atoms with Gasteiger partial charge in [-0.25, -0.2) is 13.8 Å². The zero-order valence-electron chi connectivity index (χ0n) is 20.0. The van der Waals surface area contributed by atoms with Gasteiger partial charge < -0.3 is 15.2 Å². The zero-order chi connectivity index (χ0) is 25.4. The Balaban J connectivity index is 1.13.